The number of carbonyl (C=O) groups excluding carboxylic acids is 2. The van der Waals surface area contributed by atoms with Gasteiger partial charge >= 0.3 is 0 Å². The van der Waals surface area contributed by atoms with E-state index < -0.39 is 6.04 Å². The van der Waals surface area contributed by atoms with Crippen molar-refractivity contribution in [3.63, 3.8) is 0 Å². The number of nitrogens with zero attached hydrogens (tertiary/aromatic N) is 1. The Balaban J connectivity index is 2.71. The average molecular weight is 358 g/mol. The molecule has 0 aliphatic heterocycles. The first-order chi connectivity index (χ1) is 9.43. The second kappa shape index (κ2) is 8.02. The molecule has 0 saturated carbocycles. The predicted molar refractivity (Wildman–Crippen MR) is 81.4 cm³/mol. The summed E-state index contributed by atoms with van der Waals surface area (Å²) in [5.74, 6) is -0.356. The summed E-state index contributed by atoms with van der Waals surface area (Å²) in [7, 11) is 0. The van der Waals surface area contributed by atoms with Gasteiger partial charge in [-0.05, 0) is 34.3 Å². The van der Waals surface area contributed by atoms with E-state index in [1.807, 2.05) is 25.3 Å². The molecule has 0 aromatic carbocycles. The highest BCUT2D eigenvalue weighted by Crippen LogP contribution is 2.20. The number of amides is 2. The van der Waals surface area contributed by atoms with E-state index in [4.69, 9.17) is 5.26 Å². The van der Waals surface area contributed by atoms with Crippen molar-refractivity contribution in [1.82, 2.24) is 10.6 Å². The van der Waals surface area contributed by atoms with E-state index in [1.54, 1.807) is 6.07 Å². The zero-order valence-electron chi connectivity index (χ0n) is 11.3. The Hall–Kier alpha value is -1.39. The van der Waals surface area contributed by atoms with Crippen LogP contribution in [-0.2, 0) is 4.79 Å². The Morgan fingerprint density at radius 1 is 1.50 bits per heavy atom. The predicted octanol–water partition coefficient (Wildman–Crippen LogP) is 2.29. The molecule has 108 valence electrons. The quantitative estimate of drug-likeness (QED) is 0.766. The molecule has 7 heteroatoms. The maximum atomic E-state index is 12.1. The molecule has 1 aromatic rings. The van der Waals surface area contributed by atoms with Crippen LogP contribution in [0.2, 0.25) is 0 Å². The van der Waals surface area contributed by atoms with Crippen LogP contribution in [0.3, 0.4) is 0 Å². The summed E-state index contributed by atoms with van der Waals surface area (Å²) in [5, 5.41) is 15.5. The lowest BCUT2D eigenvalue weighted by Crippen LogP contribution is -2.47. The van der Waals surface area contributed by atoms with Crippen LogP contribution in [0.4, 0.5) is 0 Å². The van der Waals surface area contributed by atoms with Crippen LogP contribution in [0.25, 0.3) is 0 Å². The third-order valence-corrected chi connectivity index (χ3v) is 4.15. The van der Waals surface area contributed by atoms with Gasteiger partial charge in [0.2, 0.25) is 5.91 Å². The molecule has 0 aliphatic rings. The van der Waals surface area contributed by atoms with Crippen LogP contribution in [0.15, 0.2) is 15.9 Å². The molecule has 1 rings (SSSR count). The topological polar surface area (TPSA) is 82.0 Å². The van der Waals surface area contributed by atoms with E-state index in [9.17, 15) is 9.59 Å². The van der Waals surface area contributed by atoms with E-state index >= 15 is 0 Å². The molecule has 0 spiro atoms. The Kier molecular flexibility index (Phi) is 6.68. The molecule has 1 aromatic heterocycles. The zero-order valence-corrected chi connectivity index (χ0v) is 13.7. The van der Waals surface area contributed by atoms with Gasteiger partial charge in [-0.1, -0.05) is 13.8 Å². The summed E-state index contributed by atoms with van der Waals surface area (Å²) in [6.45, 7) is 3.88. The lowest BCUT2D eigenvalue weighted by atomic mass is 10.0. The van der Waals surface area contributed by atoms with E-state index in [-0.39, 0.29) is 24.3 Å². The number of rotatable bonds is 6. The summed E-state index contributed by atoms with van der Waals surface area (Å²) < 4.78 is 0.835. The first-order valence-electron chi connectivity index (χ1n) is 6.13. The van der Waals surface area contributed by atoms with Crippen LogP contribution in [-0.4, -0.2) is 24.4 Å². The Bertz CT molecular complexity index is 522. The van der Waals surface area contributed by atoms with Gasteiger partial charge in [-0.15, -0.1) is 11.3 Å². The molecule has 0 bridgehead atoms. The average Bonchev–Trinajstić information content (AvgIpc) is 2.81. The molecule has 0 saturated heterocycles. The van der Waals surface area contributed by atoms with Gasteiger partial charge < -0.3 is 10.6 Å². The number of carbonyl (C=O) groups is 2. The smallest absolute Gasteiger partial charge is 0.262 e. The zero-order chi connectivity index (χ0) is 15.1. The molecule has 0 aliphatic carbocycles. The van der Waals surface area contributed by atoms with Gasteiger partial charge in [0, 0.05) is 9.85 Å². The number of nitriles is 1. The molecule has 0 radical (unpaired) electrons. The van der Waals surface area contributed by atoms with Crippen molar-refractivity contribution in [2.24, 2.45) is 5.92 Å². The number of nitrogens with one attached hydrogen (secondary N) is 2. The van der Waals surface area contributed by atoms with E-state index in [0.717, 1.165) is 4.47 Å². The monoisotopic (exact) mass is 357 g/mol. The van der Waals surface area contributed by atoms with Gasteiger partial charge in [0.25, 0.3) is 5.91 Å². The first-order valence-corrected chi connectivity index (χ1v) is 7.80. The minimum atomic E-state index is -0.628. The Morgan fingerprint density at radius 3 is 2.70 bits per heavy atom. The fourth-order valence-electron chi connectivity index (χ4n) is 1.61. The van der Waals surface area contributed by atoms with E-state index in [0.29, 0.717) is 11.3 Å². The fourth-order valence-corrected chi connectivity index (χ4v) is 2.94. The van der Waals surface area contributed by atoms with Crippen molar-refractivity contribution >= 4 is 39.1 Å². The number of hydrogen-bond donors (Lipinski definition) is 2. The summed E-state index contributed by atoms with van der Waals surface area (Å²) >= 11 is 4.59. The van der Waals surface area contributed by atoms with Crippen LogP contribution in [0.5, 0.6) is 0 Å². The Morgan fingerprint density at radius 2 is 2.20 bits per heavy atom. The van der Waals surface area contributed by atoms with Crippen LogP contribution in [0.1, 0.15) is 29.9 Å². The van der Waals surface area contributed by atoms with Gasteiger partial charge in [0.15, 0.2) is 0 Å². The standard InChI is InChI=1S/C13H16BrN3O2S/c1-8(2)5-10(12(18)16-4-3-15)17-13(19)11-6-9(14)7-20-11/h6-8,10H,4-5H2,1-2H3,(H,16,18)(H,17,19)/t10-/m0/s1. The SMILES string of the molecule is CC(C)C[C@H](NC(=O)c1cc(Br)cs1)C(=O)NCC#N. The molecule has 0 fully saturated rings. The molecular formula is C13H16BrN3O2S. The molecule has 1 atom stereocenters. The highest BCUT2D eigenvalue weighted by molar-refractivity contribution is 9.10. The molecular weight excluding hydrogens is 342 g/mol. The summed E-state index contributed by atoms with van der Waals surface area (Å²) in [5.41, 5.74) is 0. The van der Waals surface area contributed by atoms with Gasteiger partial charge in [0.05, 0.1) is 10.9 Å². The van der Waals surface area contributed by atoms with Gasteiger partial charge in [0.1, 0.15) is 12.6 Å². The van der Waals surface area contributed by atoms with Crippen molar-refractivity contribution in [1.29, 1.82) is 5.26 Å². The molecule has 1 heterocycles. The largest absolute Gasteiger partial charge is 0.341 e. The number of thiophene rings is 1. The summed E-state index contributed by atoms with van der Waals surface area (Å²) in [6.07, 6.45) is 0.523. The van der Waals surface area contributed by atoms with E-state index in [1.165, 1.54) is 11.3 Å². The lowest BCUT2D eigenvalue weighted by molar-refractivity contribution is -0.123. The van der Waals surface area contributed by atoms with Crippen molar-refractivity contribution < 1.29 is 9.59 Å². The highest BCUT2D eigenvalue weighted by atomic mass is 79.9. The third-order valence-electron chi connectivity index (χ3n) is 2.46. The second-order valence-electron chi connectivity index (χ2n) is 4.66. The molecule has 2 N–H and O–H groups in total. The number of hydrogen-bond acceptors (Lipinski definition) is 4. The van der Waals surface area contributed by atoms with Gasteiger partial charge in [-0.25, -0.2) is 0 Å². The van der Waals surface area contributed by atoms with Gasteiger partial charge in [-0.3, -0.25) is 9.59 Å². The molecule has 0 unspecified atom stereocenters. The fraction of sp³-hybridized carbons (Fsp3) is 0.462. The van der Waals surface area contributed by atoms with Crippen LogP contribution in [0, 0.1) is 17.2 Å². The van der Waals surface area contributed by atoms with Crippen LogP contribution >= 0.6 is 27.3 Å². The second-order valence-corrected chi connectivity index (χ2v) is 6.49. The van der Waals surface area contributed by atoms with Crippen molar-refractivity contribution in [3.8, 4) is 6.07 Å². The third kappa shape index (κ3) is 5.31. The first kappa shape index (κ1) is 16.7. The molecule has 2 amide bonds. The molecule has 20 heavy (non-hydrogen) atoms. The van der Waals surface area contributed by atoms with Crippen molar-refractivity contribution in [2.75, 3.05) is 6.54 Å². The maximum Gasteiger partial charge on any atom is 0.262 e. The van der Waals surface area contributed by atoms with Crippen molar-refractivity contribution in [3.05, 3.63) is 20.8 Å². The highest BCUT2D eigenvalue weighted by Gasteiger charge is 2.22. The summed E-state index contributed by atoms with van der Waals surface area (Å²) in [6, 6.07) is 2.93. The lowest BCUT2D eigenvalue weighted by Gasteiger charge is -2.19. The van der Waals surface area contributed by atoms with Crippen molar-refractivity contribution in [2.45, 2.75) is 26.3 Å². The van der Waals surface area contributed by atoms with Crippen LogP contribution < -0.4 is 10.6 Å². The molecule has 5 nitrogen and oxygen atoms in total. The number of halogens is 1. The summed E-state index contributed by atoms with van der Waals surface area (Å²) in [4.78, 5) is 24.5. The maximum absolute atomic E-state index is 12.1. The van der Waals surface area contributed by atoms with Gasteiger partial charge in [-0.2, -0.15) is 5.26 Å². The minimum Gasteiger partial charge on any atom is -0.341 e. The Labute approximate surface area is 130 Å². The van der Waals surface area contributed by atoms with E-state index in [2.05, 4.69) is 26.6 Å². The minimum absolute atomic E-state index is 0.0617. The normalized spacial score (nSPS) is 11.8.